The van der Waals surface area contributed by atoms with Crippen LogP contribution in [0.25, 0.3) is 0 Å². The number of hydrogen-bond donors (Lipinski definition) is 1. The van der Waals surface area contributed by atoms with E-state index in [1.165, 1.54) is 12.1 Å². The summed E-state index contributed by atoms with van der Waals surface area (Å²) in [6.07, 6.45) is 0.861. The molecular weight excluding hydrogens is 257 g/mol. The fourth-order valence-electron chi connectivity index (χ4n) is 2.48. The van der Waals surface area contributed by atoms with Gasteiger partial charge in [0.05, 0.1) is 18.9 Å². The van der Waals surface area contributed by atoms with Gasteiger partial charge in [-0.25, -0.2) is 4.39 Å². The number of halogens is 1. The Bertz CT molecular complexity index is 615. The molecule has 4 heteroatoms. The lowest BCUT2D eigenvalue weighted by atomic mass is 10.1. The Morgan fingerprint density at radius 2 is 2.05 bits per heavy atom. The molecule has 104 valence electrons. The second-order valence-corrected chi connectivity index (χ2v) is 4.80. The number of aliphatic hydroxyl groups excluding tert-OH is 1. The Balaban J connectivity index is 2.07. The van der Waals surface area contributed by atoms with Crippen molar-refractivity contribution in [1.29, 1.82) is 0 Å². The summed E-state index contributed by atoms with van der Waals surface area (Å²) < 4.78 is 19.4. The smallest absolute Gasteiger partial charge is 0.142 e. The van der Waals surface area contributed by atoms with Crippen molar-refractivity contribution in [2.24, 2.45) is 0 Å². The number of hydrogen-bond acceptors (Lipinski definition) is 3. The van der Waals surface area contributed by atoms with E-state index in [-0.39, 0.29) is 12.4 Å². The van der Waals surface area contributed by atoms with Crippen molar-refractivity contribution in [2.75, 3.05) is 18.1 Å². The van der Waals surface area contributed by atoms with Gasteiger partial charge in [0.1, 0.15) is 11.6 Å². The van der Waals surface area contributed by atoms with Crippen LogP contribution in [0.1, 0.15) is 12.0 Å². The highest BCUT2D eigenvalue weighted by Crippen LogP contribution is 2.36. The molecule has 0 aromatic heterocycles. The average Bonchev–Trinajstić information content (AvgIpc) is 2.69. The van der Waals surface area contributed by atoms with Crippen LogP contribution in [-0.4, -0.2) is 18.3 Å². The number of fused-ring (bicyclic) bond motifs is 1. The van der Waals surface area contributed by atoms with Gasteiger partial charge in [-0.05, 0) is 42.3 Å². The summed E-state index contributed by atoms with van der Waals surface area (Å²) in [6, 6.07) is 12.4. The molecule has 0 radical (unpaired) electrons. The molecule has 1 heterocycles. The van der Waals surface area contributed by atoms with Crippen LogP contribution in [0.2, 0.25) is 0 Å². The Morgan fingerprint density at radius 3 is 2.90 bits per heavy atom. The summed E-state index contributed by atoms with van der Waals surface area (Å²) in [5, 5.41) is 9.23. The monoisotopic (exact) mass is 273 g/mol. The number of rotatable bonds is 2. The first kappa shape index (κ1) is 12.9. The molecule has 0 saturated heterocycles. The topological polar surface area (TPSA) is 32.7 Å². The molecule has 3 rings (SSSR count). The van der Waals surface area contributed by atoms with E-state index in [1.54, 1.807) is 0 Å². The van der Waals surface area contributed by atoms with E-state index < -0.39 is 0 Å². The third kappa shape index (κ3) is 2.47. The van der Waals surface area contributed by atoms with E-state index in [4.69, 9.17) is 4.74 Å². The predicted molar refractivity (Wildman–Crippen MR) is 75.9 cm³/mol. The zero-order valence-corrected chi connectivity index (χ0v) is 11.1. The number of aliphatic hydroxyl groups is 1. The lowest BCUT2D eigenvalue weighted by molar-refractivity contribution is 0.281. The van der Waals surface area contributed by atoms with Crippen LogP contribution < -0.4 is 9.64 Å². The van der Waals surface area contributed by atoms with Crippen molar-refractivity contribution in [3.63, 3.8) is 0 Å². The second kappa shape index (κ2) is 5.51. The molecule has 0 unspecified atom stereocenters. The van der Waals surface area contributed by atoms with Gasteiger partial charge in [0.15, 0.2) is 0 Å². The van der Waals surface area contributed by atoms with E-state index in [0.29, 0.717) is 12.2 Å². The molecule has 0 spiro atoms. The zero-order chi connectivity index (χ0) is 13.9. The molecule has 20 heavy (non-hydrogen) atoms. The van der Waals surface area contributed by atoms with Crippen LogP contribution in [0.3, 0.4) is 0 Å². The molecule has 1 N–H and O–H groups in total. The maximum atomic E-state index is 13.7. The fraction of sp³-hybridized carbons (Fsp3) is 0.250. The molecule has 1 aliphatic rings. The van der Waals surface area contributed by atoms with E-state index in [9.17, 15) is 9.50 Å². The first-order chi connectivity index (χ1) is 9.78. The summed E-state index contributed by atoms with van der Waals surface area (Å²) >= 11 is 0. The summed E-state index contributed by atoms with van der Waals surface area (Å²) in [5.74, 6) is 0.467. The van der Waals surface area contributed by atoms with E-state index in [2.05, 4.69) is 0 Å². The molecule has 2 aromatic carbocycles. The Hall–Kier alpha value is -2.07. The first-order valence-corrected chi connectivity index (χ1v) is 6.67. The highest BCUT2D eigenvalue weighted by Gasteiger charge is 2.18. The van der Waals surface area contributed by atoms with E-state index in [0.717, 1.165) is 30.1 Å². The molecule has 3 nitrogen and oxygen atoms in total. The maximum absolute atomic E-state index is 13.7. The van der Waals surface area contributed by atoms with Gasteiger partial charge in [0.25, 0.3) is 0 Å². The van der Waals surface area contributed by atoms with Gasteiger partial charge < -0.3 is 14.7 Å². The largest absolute Gasteiger partial charge is 0.491 e. The minimum absolute atomic E-state index is 0.170. The third-order valence-corrected chi connectivity index (χ3v) is 3.38. The lowest BCUT2D eigenvalue weighted by Gasteiger charge is -2.24. The first-order valence-electron chi connectivity index (χ1n) is 6.67. The highest BCUT2D eigenvalue weighted by atomic mass is 19.1. The Morgan fingerprint density at radius 1 is 1.20 bits per heavy atom. The van der Waals surface area contributed by atoms with Gasteiger partial charge in [-0.3, -0.25) is 0 Å². The van der Waals surface area contributed by atoms with Crippen molar-refractivity contribution in [3.05, 3.63) is 53.8 Å². The number of anilines is 2. The van der Waals surface area contributed by atoms with Crippen molar-refractivity contribution >= 4 is 11.4 Å². The SMILES string of the molecule is OCc1cc(F)cc(N2CCCOc3ccccc32)c1. The number of benzene rings is 2. The molecule has 0 saturated carbocycles. The van der Waals surface area contributed by atoms with Gasteiger partial charge in [-0.15, -0.1) is 0 Å². The Labute approximate surface area is 117 Å². The van der Waals surface area contributed by atoms with Crippen LogP contribution in [0.4, 0.5) is 15.8 Å². The van der Waals surface area contributed by atoms with Crippen molar-refractivity contribution in [2.45, 2.75) is 13.0 Å². The van der Waals surface area contributed by atoms with Crippen LogP contribution in [0, 0.1) is 5.82 Å². The van der Waals surface area contributed by atoms with E-state index in [1.807, 2.05) is 35.2 Å². The maximum Gasteiger partial charge on any atom is 0.142 e. The standard InChI is InChI=1S/C16H16FNO2/c17-13-8-12(11-19)9-14(10-13)18-6-3-7-20-16-5-2-1-4-15(16)18/h1-2,4-5,8-10,19H,3,6-7,11H2. The normalized spacial score (nSPS) is 14.4. The van der Waals surface area contributed by atoms with Crippen LogP contribution >= 0.6 is 0 Å². The molecule has 1 aliphatic heterocycles. The summed E-state index contributed by atoms with van der Waals surface area (Å²) in [4.78, 5) is 2.03. The van der Waals surface area contributed by atoms with Crippen molar-refractivity contribution in [1.82, 2.24) is 0 Å². The number of para-hydroxylation sites is 2. The average molecular weight is 273 g/mol. The summed E-state index contributed by atoms with van der Waals surface area (Å²) in [7, 11) is 0. The quantitative estimate of drug-likeness (QED) is 0.911. The summed E-state index contributed by atoms with van der Waals surface area (Å²) in [5.41, 5.74) is 2.24. The predicted octanol–water partition coefficient (Wildman–Crippen LogP) is 3.24. The molecule has 2 aromatic rings. The van der Waals surface area contributed by atoms with Gasteiger partial charge in [-0.1, -0.05) is 12.1 Å². The van der Waals surface area contributed by atoms with Gasteiger partial charge in [-0.2, -0.15) is 0 Å². The van der Waals surface area contributed by atoms with Gasteiger partial charge >= 0.3 is 0 Å². The molecule has 0 amide bonds. The number of nitrogens with zero attached hydrogens (tertiary/aromatic N) is 1. The third-order valence-electron chi connectivity index (χ3n) is 3.38. The lowest BCUT2D eigenvalue weighted by Crippen LogP contribution is -2.18. The van der Waals surface area contributed by atoms with Gasteiger partial charge in [0.2, 0.25) is 0 Å². The highest BCUT2D eigenvalue weighted by molar-refractivity contribution is 5.70. The number of ether oxygens (including phenoxy) is 1. The molecule has 0 fully saturated rings. The Kier molecular flexibility index (Phi) is 3.56. The van der Waals surface area contributed by atoms with Crippen LogP contribution in [0.5, 0.6) is 5.75 Å². The van der Waals surface area contributed by atoms with Gasteiger partial charge in [0, 0.05) is 12.2 Å². The molecular formula is C16H16FNO2. The molecule has 0 bridgehead atoms. The second-order valence-electron chi connectivity index (χ2n) is 4.80. The van der Waals surface area contributed by atoms with Crippen molar-refractivity contribution in [3.8, 4) is 5.75 Å². The van der Waals surface area contributed by atoms with Crippen LogP contribution in [0.15, 0.2) is 42.5 Å². The zero-order valence-electron chi connectivity index (χ0n) is 11.1. The minimum Gasteiger partial charge on any atom is -0.491 e. The fourth-order valence-corrected chi connectivity index (χ4v) is 2.48. The molecule has 0 atom stereocenters. The molecule has 0 aliphatic carbocycles. The van der Waals surface area contributed by atoms with E-state index >= 15 is 0 Å². The van der Waals surface area contributed by atoms with Crippen molar-refractivity contribution < 1.29 is 14.2 Å². The van der Waals surface area contributed by atoms with Crippen LogP contribution in [-0.2, 0) is 6.61 Å². The minimum atomic E-state index is -0.339. The summed E-state index contributed by atoms with van der Waals surface area (Å²) in [6.45, 7) is 1.23.